The molecule has 3 nitrogen and oxygen atoms in total. The van der Waals surface area contributed by atoms with Gasteiger partial charge >= 0.3 is 0 Å². The molecule has 2 aromatic rings. The van der Waals surface area contributed by atoms with E-state index in [0.717, 1.165) is 5.69 Å². The molecule has 0 radical (unpaired) electrons. The average molecular weight is 204 g/mol. The van der Waals surface area contributed by atoms with E-state index in [1.807, 2.05) is 26.2 Å². The Kier molecular flexibility index (Phi) is 2.64. The maximum atomic E-state index is 8.95. The Morgan fingerprint density at radius 1 is 1.40 bits per heavy atom. The van der Waals surface area contributed by atoms with Crippen LogP contribution in [0, 0.1) is 0 Å². The van der Waals surface area contributed by atoms with E-state index in [2.05, 4.69) is 28.1 Å². The third kappa shape index (κ3) is 1.97. The lowest BCUT2D eigenvalue weighted by Crippen LogP contribution is -2.19. The summed E-state index contributed by atoms with van der Waals surface area (Å²) in [5.74, 6) is 0. The predicted octanol–water partition coefficient (Wildman–Crippen LogP) is 1.97. The van der Waals surface area contributed by atoms with E-state index in [1.165, 1.54) is 10.9 Å². The molecule has 1 aromatic carbocycles. The van der Waals surface area contributed by atoms with E-state index in [1.54, 1.807) is 0 Å². The highest BCUT2D eigenvalue weighted by Crippen LogP contribution is 2.20. The molecule has 0 bridgehead atoms. The van der Waals surface area contributed by atoms with Gasteiger partial charge in [0, 0.05) is 35.9 Å². The third-order valence-corrected chi connectivity index (χ3v) is 2.57. The van der Waals surface area contributed by atoms with Crippen molar-refractivity contribution >= 4 is 16.6 Å². The molecule has 0 saturated heterocycles. The third-order valence-electron chi connectivity index (χ3n) is 2.57. The van der Waals surface area contributed by atoms with Crippen LogP contribution in [-0.2, 0) is 7.05 Å². The van der Waals surface area contributed by atoms with Crippen LogP contribution in [0.5, 0.6) is 0 Å². The number of nitrogens with zero attached hydrogens (tertiary/aromatic N) is 1. The topological polar surface area (TPSA) is 37.2 Å². The van der Waals surface area contributed by atoms with Crippen LogP contribution >= 0.6 is 0 Å². The summed E-state index contributed by atoms with van der Waals surface area (Å²) in [7, 11) is 2.03. The summed E-state index contributed by atoms with van der Waals surface area (Å²) in [6.45, 7) is 2.10. The average Bonchev–Trinajstić information content (AvgIpc) is 2.60. The summed E-state index contributed by atoms with van der Waals surface area (Å²) in [6, 6.07) is 8.40. The van der Waals surface area contributed by atoms with Crippen LogP contribution in [0.4, 0.5) is 5.69 Å². The number of aromatic nitrogens is 1. The Balaban J connectivity index is 2.31. The summed E-state index contributed by atoms with van der Waals surface area (Å²) in [6.07, 6.45) is 2.05. The Labute approximate surface area is 89.3 Å². The number of aryl methyl sites for hydroxylation is 1. The summed E-state index contributed by atoms with van der Waals surface area (Å²) >= 11 is 0. The number of benzene rings is 1. The zero-order chi connectivity index (χ0) is 10.8. The van der Waals surface area contributed by atoms with Gasteiger partial charge in [-0.1, -0.05) is 0 Å². The van der Waals surface area contributed by atoms with Crippen molar-refractivity contribution in [2.45, 2.75) is 13.0 Å². The normalized spacial score (nSPS) is 13.0. The molecule has 80 valence electrons. The van der Waals surface area contributed by atoms with E-state index in [-0.39, 0.29) is 12.6 Å². The van der Waals surface area contributed by atoms with Crippen molar-refractivity contribution in [1.82, 2.24) is 4.57 Å². The molecule has 0 aliphatic carbocycles. The molecule has 2 rings (SSSR count). The zero-order valence-corrected chi connectivity index (χ0v) is 9.07. The second-order valence-electron chi connectivity index (χ2n) is 3.93. The highest BCUT2D eigenvalue weighted by molar-refractivity contribution is 5.83. The van der Waals surface area contributed by atoms with Crippen LogP contribution in [0.25, 0.3) is 10.9 Å². The molecule has 1 heterocycles. The molecule has 0 aliphatic heterocycles. The molecule has 15 heavy (non-hydrogen) atoms. The summed E-state index contributed by atoms with van der Waals surface area (Å²) in [4.78, 5) is 0. The minimum atomic E-state index is 0.0890. The first-order valence-corrected chi connectivity index (χ1v) is 5.13. The summed E-state index contributed by atoms with van der Waals surface area (Å²) in [5, 5.41) is 13.4. The second-order valence-corrected chi connectivity index (χ2v) is 3.93. The van der Waals surface area contributed by atoms with Gasteiger partial charge in [-0.3, -0.25) is 0 Å². The zero-order valence-electron chi connectivity index (χ0n) is 9.07. The molecule has 1 aromatic heterocycles. The minimum absolute atomic E-state index is 0.0890. The van der Waals surface area contributed by atoms with Gasteiger partial charge in [0.1, 0.15) is 0 Å². The van der Waals surface area contributed by atoms with Crippen molar-refractivity contribution in [2.75, 3.05) is 11.9 Å². The molecule has 1 atom stereocenters. The summed E-state index contributed by atoms with van der Waals surface area (Å²) in [5.41, 5.74) is 2.27. The van der Waals surface area contributed by atoms with Gasteiger partial charge in [-0.15, -0.1) is 0 Å². The Bertz CT molecular complexity index is 462. The van der Waals surface area contributed by atoms with Crippen LogP contribution in [0.1, 0.15) is 6.92 Å². The van der Waals surface area contributed by atoms with Crippen LogP contribution in [0.2, 0.25) is 0 Å². The Morgan fingerprint density at radius 3 is 2.93 bits per heavy atom. The second kappa shape index (κ2) is 3.95. The SMILES string of the molecule is CC(CO)Nc1ccc2c(ccn2C)c1. The molecule has 0 amide bonds. The lowest BCUT2D eigenvalue weighted by molar-refractivity contribution is 0.281. The maximum Gasteiger partial charge on any atom is 0.0630 e. The van der Waals surface area contributed by atoms with Gasteiger partial charge in [0.2, 0.25) is 0 Å². The number of aliphatic hydroxyl groups excluding tert-OH is 1. The molecule has 0 spiro atoms. The van der Waals surface area contributed by atoms with Gasteiger partial charge in [0.15, 0.2) is 0 Å². The fourth-order valence-corrected chi connectivity index (χ4v) is 1.70. The smallest absolute Gasteiger partial charge is 0.0630 e. The maximum absolute atomic E-state index is 8.95. The molecule has 2 N–H and O–H groups in total. The van der Waals surface area contributed by atoms with Crippen molar-refractivity contribution in [3.63, 3.8) is 0 Å². The van der Waals surface area contributed by atoms with Crippen molar-refractivity contribution in [2.24, 2.45) is 7.05 Å². The molecule has 0 aliphatic rings. The van der Waals surface area contributed by atoms with E-state index in [9.17, 15) is 0 Å². The van der Waals surface area contributed by atoms with Crippen molar-refractivity contribution < 1.29 is 5.11 Å². The predicted molar refractivity (Wildman–Crippen MR) is 63.1 cm³/mol. The van der Waals surface area contributed by atoms with E-state index in [4.69, 9.17) is 5.11 Å². The van der Waals surface area contributed by atoms with E-state index >= 15 is 0 Å². The minimum Gasteiger partial charge on any atom is -0.394 e. The first-order chi connectivity index (χ1) is 7.20. The largest absolute Gasteiger partial charge is 0.394 e. The number of fused-ring (bicyclic) bond motifs is 1. The molecule has 0 saturated carbocycles. The van der Waals surface area contributed by atoms with Crippen molar-refractivity contribution in [3.8, 4) is 0 Å². The standard InChI is InChI=1S/C12H16N2O/c1-9(8-15)13-11-3-4-12-10(7-11)5-6-14(12)2/h3-7,9,13,15H,8H2,1-2H3. The van der Waals surface area contributed by atoms with Gasteiger partial charge in [-0.25, -0.2) is 0 Å². The van der Waals surface area contributed by atoms with Gasteiger partial charge in [-0.2, -0.15) is 0 Å². The van der Waals surface area contributed by atoms with Crippen molar-refractivity contribution in [3.05, 3.63) is 30.5 Å². The fraction of sp³-hybridized carbons (Fsp3) is 0.333. The highest BCUT2D eigenvalue weighted by atomic mass is 16.3. The fourth-order valence-electron chi connectivity index (χ4n) is 1.70. The molecular formula is C12H16N2O. The van der Waals surface area contributed by atoms with Crippen LogP contribution < -0.4 is 5.32 Å². The quantitative estimate of drug-likeness (QED) is 0.802. The van der Waals surface area contributed by atoms with Gasteiger partial charge in [-0.05, 0) is 31.2 Å². The van der Waals surface area contributed by atoms with Crippen LogP contribution in [-0.4, -0.2) is 22.3 Å². The number of hydrogen-bond acceptors (Lipinski definition) is 2. The number of nitrogens with one attached hydrogen (secondary N) is 1. The number of aliphatic hydroxyl groups is 1. The number of rotatable bonds is 3. The first kappa shape index (κ1) is 10.1. The first-order valence-electron chi connectivity index (χ1n) is 5.13. The van der Waals surface area contributed by atoms with Gasteiger partial charge < -0.3 is 15.0 Å². The van der Waals surface area contributed by atoms with Gasteiger partial charge in [0.25, 0.3) is 0 Å². The van der Waals surface area contributed by atoms with Crippen LogP contribution in [0.3, 0.4) is 0 Å². The molecule has 0 fully saturated rings. The highest BCUT2D eigenvalue weighted by Gasteiger charge is 2.02. The lowest BCUT2D eigenvalue weighted by atomic mass is 10.2. The Hall–Kier alpha value is -1.48. The van der Waals surface area contributed by atoms with Crippen molar-refractivity contribution in [1.29, 1.82) is 0 Å². The van der Waals surface area contributed by atoms with Crippen LogP contribution in [0.15, 0.2) is 30.5 Å². The number of hydrogen-bond donors (Lipinski definition) is 2. The summed E-state index contributed by atoms with van der Waals surface area (Å²) < 4.78 is 2.09. The lowest BCUT2D eigenvalue weighted by Gasteiger charge is -2.12. The Morgan fingerprint density at radius 2 is 2.20 bits per heavy atom. The monoisotopic (exact) mass is 204 g/mol. The number of anilines is 1. The van der Waals surface area contributed by atoms with E-state index in [0.29, 0.717) is 0 Å². The molecule has 3 heteroatoms. The molecule has 1 unspecified atom stereocenters. The molecular weight excluding hydrogens is 188 g/mol. The van der Waals surface area contributed by atoms with Gasteiger partial charge in [0.05, 0.1) is 6.61 Å². The van der Waals surface area contributed by atoms with E-state index < -0.39 is 0 Å².